The average molecular weight is 293 g/mol. The normalized spacial score (nSPS) is 11.4. The summed E-state index contributed by atoms with van der Waals surface area (Å²) < 4.78 is 5.89. The first-order chi connectivity index (χ1) is 5.90. The second-order valence-corrected chi connectivity index (χ2v) is 4.96. The van der Waals surface area contributed by atoms with Crippen molar-refractivity contribution in [3.05, 3.63) is 21.7 Å². The van der Waals surface area contributed by atoms with Gasteiger partial charge in [0.1, 0.15) is 0 Å². The summed E-state index contributed by atoms with van der Waals surface area (Å²) in [6, 6.07) is 1.76. The van der Waals surface area contributed by atoms with Gasteiger partial charge in [0.15, 0.2) is 0 Å². The Bertz CT molecular complexity index is 312. The van der Waals surface area contributed by atoms with E-state index < -0.39 is 0 Å². The zero-order valence-corrected chi connectivity index (χ0v) is 10.0. The monoisotopic (exact) mass is 293 g/mol. The van der Waals surface area contributed by atoms with E-state index in [2.05, 4.69) is 27.9 Å². The van der Waals surface area contributed by atoms with Crippen molar-refractivity contribution < 1.29 is 9.21 Å². The van der Waals surface area contributed by atoms with Gasteiger partial charge in [-0.3, -0.25) is 4.79 Å². The lowest BCUT2D eigenvalue weighted by Gasteiger charge is -2.19. The van der Waals surface area contributed by atoms with Crippen molar-refractivity contribution in [1.29, 1.82) is 0 Å². The fourth-order valence-electron chi connectivity index (χ4n) is 0.853. The van der Waals surface area contributed by atoms with Crippen molar-refractivity contribution in [2.24, 2.45) is 0 Å². The van der Waals surface area contributed by atoms with E-state index in [-0.39, 0.29) is 11.4 Å². The summed E-state index contributed by atoms with van der Waals surface area (Å²) in [5.41, 5.74) is -0.229. The Labute approximate surface area is 91.0 Å². The topological polar surface area (TPSA) is 42.2 Å². The van der Waals surface area contributed by atoms with Gasteiger partial charge in [0.25, 0.3) is 5.91 Å². The molecule has 0 atom stereocenters. The fourth-order valence-corrected chi connectivity index (χ4v) is 1.37. The minimum Gasteiger partial charge on any atom is -0.458 e. The van der Waals surface area contributed by atoms with Crippen LogP contribution in [0.3, 0.4) is 0 Å². The molecule has 1 heterocycles. The van der Waals surface area contributed by atoms with Gasteiger partial charge in [-0.15, -0.1) is 0 Å². The SMILES string of the molecule is CC(C)(C)NC(=O)c1occc1I. The standard InChI is InChI=1S/C9H12INO2/c1-9(2,3)11-8(12)7-6(10)4-5-13-7/h4-5H,1-3H3,(H,11,12). The number of halogens is 1. The molecule has 0 unspecified atom stereocenters. The lowest BCUT2D eigenvalue weighted by atomic mass is 10.1. The molecule has 1 aromatic heterocycles. The highest BCUT2D eigenvalue weighted by molar-refractivity contribution is 14.1. The van der Waals surface area contributed by atoms with Gasteiger partial charge < -0.3 is 9.73 Å². The number of carbonyl (C=O) groups is 1. The van der Waals surface area contributed by atoms with Crippen LogP contribution in [0, 0.1) is 3.57 Å². The Morgan fingerprint density at radius 1 is 1.54 bits per heavy atom. The van der Waals surface area contributed by atoms with Gasteiger partial charge in [0.05, 0.1) is 9.83 Å². The van der Waals surface area contributed by atoms with E-state index in [1.807, 2.05) is 20.8 Å². The summed E-state index contributed by atoms with van der Waals surface area (Å²) in [4.78, 5) is 11.5. The third-order valence-corrected chi connectivity index (χ3v) is 2.16. The molecule has 0 aliphatic heterocycles. The van der Waals surface area contributed by atoms with Crippen molar-refractivity contribution >= 4 is 28.5 Å². The zero-order valence-electron chi connectivity index (χ0n) is 7.85. The summed E-state index contributed by atoms with van der Waals surface area (Å²) in [5.74, 6) is 0.220. The first-order valence-corrected chi connectivity index (χ1v) is 5.03. The first kappa shape index (κ1) is 10.6. The molecule has 0 saturated heterocycles. The molecule has 1 N–H and O–H groups in total. The average Bonchev–Trinajstić information content (AvgIpc) is 2.30. The van der Waals surface area contributed by atoms with E-state index in [0.29, 0.717) is 5.76 Å². The van der Waals surface area contributed by atoms with Crippen LogP contribution in [0.4, 0.5) is 0 Å². The van der Waals surface area contributed by atoms with Crippen molar-refractivity contribution in [3.8, 4) is 0 Å². The molecular formula is C9H12INO2. The number of furan rings is 1. The molecule has 13 heavy (non-hydrogen) atoms. The predicted octanol–water partition coefficient (Wildman–Crippen LogP) is 2.41. The molecule has 0 radical (unpaired) electrons. The highest BCUT2D eigenvalue weighted by Crippen LogP contribution is 2.13. The summed E-state index contributed by atoms with van der Waals surface area (Å²) in [6.07, 6.45) is 1.51. The number of rotatable bonds is 1. The van der Waals surface area contributed by atoms with Crippen molar-refractivity contribution in [1.82, 2.24) is 5.32 Å². The molecule has 72 valence electrons. The third-order valence-electron chi connectivity index (χ3n) is 1.31. The van der Waals surface area contributed by atoms with Gasteiger partial charge in [-0.05, 0) is 49.4 Å². The van der Waals surface area contributed by atoms with Crippen LogP contribution >= 0.6 is 22.6 Å². The second kappa shape index (κ2) is 3.69. The van der Waals surface area contributed by atoms with Gasteiger partial charge in [0.2, 0.25) is 5.76 Å². The van der Waals surface area contributed by atoms with Crippen LogP contribution in [0.5, 0.6) is 0 Å². The van der Waals surface area contributed by atoms with Crippen LogP contribution < -0.4 is 5.32 Å². The Kier molecular flexibility index (Phi) is 3.00. The predicted molar refractivity (Wildman–Crippen MR) is 58.6 cm³/mol. The molecule has 0 aliphatic carbocycles. The van der Waals surface area contributed by atoms with E-state index in [4.69, 9.17) is 4.42 Å². The molecule has 1 rings (SSSR count). The number of carbonyl (C=O) groups excluding carboxylic acids is 1. The smallest absolute Gasteiger partial charge is 0.288 e. The van der Waals surface area contributed by atoms with Gasteiger partial charge in [0, 0.05) is 5.54 Å². The Hall–Kier alpha value is -0.520. The zero-order chi connectivity index (χ0) is 10.1. The molecule has 0 aromatic carbocycles. The van der Waals surface area contributed by atoms with Crippen molar-refractivity contribution in [2.75, 3.05) is 0 Å². The lowest BCUT2D eigenvalue weighted by molar-refractivity contribution is 0.0890. The van der Waals surface area contributed by atoms with Crippen LogP contribution in [-0.4, -0.2) is 11.4 Å². The third kappa shape index (κ3) is 3.02. The van der Waals surface area contributed by atoms with Crippen molar-refractivity contribution in [3.63, 3.8) is 0 Å². The number of hydrogen-bond donors (Lipinski definition) is 1. The molecule has 0 aliphatic rings. The molecule has 0 spiro atoms. The Morgan fingerprint density at radius 2 is 2.15 bits per heavy atom. The van der Waals surface area contributed by atoms with Crippen LogP contribution in [0.2, 0.25) is 0 Å². The summed E-state index contributed by atoms with van der Waals surface area (Å²) >= 11 is 2.07. The Morgan fingerprint density at radius 3 is 2.54 bits per heavy atom. The minimum atomic E-state index is -0.229. The fraction of sp³-hybridized carbons (Fsp3) is 0.444. The van der Waals surface area contributed by atoms with E-state index in [1.54, 1.807) is 6.07 Å². The van der Waals surface area contributed by atoms with Crippen LogP contribution in [0.15, 0.2) is 16.7 Å². The number of hydrogen-bond acceptors (Lipinski definition) is 2. The van der Waals surface area contributed by atoms with E-state index >= 15 is 0 Å². The van der Waals surface area contributed by atoms with Crippen molar-refractivity contribution in [2.45, 2.75) is 26.3 Å². The van der Waals surface area contributed by atoms with Gasteiger partial charge >= 0.3 is 0 Å². The highest BCUT2D eigenvalue weighted by atomic mass is 127. The molecular weight excluding hydrogens is 281 g/mol. The van der Waals surface area contributed by atoms with Gasteiger partial charge in [-0.2, -0.15) is 0 Å². The quantitative estimate of drug-likeness (QED) is 0.808. The van der Waals surface area contributed by atoms with E-state index in [0.717, 1.165) is 3.57 Å². The van der Waals surface area contributed by atoms with E-state index in [1.165, 1.54) is 6.26 Å². The molecule has 4 heteroatoms. The summed E-state index contributed by atoms with van der Waals surface area (Å²) in [6.45, 7) is 5.79. The van der Waals surface area contributed by atoms with Gasteiger partial charge in [-0.25, -0.2) is 0 Å². The van der Waals surface area contributed by atoms with Crippen LogP contribution in [-0.2, 0) is 0 Å². The highest BCUT2D eigenvalue weighted by Gasteiger charge is 2.19. The van der Waals surface area contributed by atoms with Crippen LogP contribution in [0.1, 0.15) is 31.3 Å². The maximum Gasteiger partial charge on any atom is 0.288 e. The summed E-state index contributed by atoms with van der Waals surface area (Å²) in [7, 11) is 0. The first-order valence-electron chi connectivity index (χ1n) is 3.95. The van der Waals surface area contributed by atoms with Crippen LogP contribution in [0.25, 0.3) is 0 Å². The molecule has 1 aromatic rings. The number of amides is 1. The maximum atomic E-state index is 11.5. The molecule has 0 bridgehead atoms. The number of nitrogens with one attached hydrogen (secondary N) is 1. The molecule has 0 saturated carbocycles. The molecule has 0 fully saturated rings. The second-order valence-electron chi connectivity index (χ2n) is 3.80. The molecule has 1 amide bonds. The minimum absolute atomic E-state index is 0.165. The Balaban J connectivity index is 2.76. The van der Waals surface area contributed by atoms with Gasteiger partial charge in [-0.1, -0.05) is 0 Å². The maximum absolute atomic E-state index is 11.5. The van der Waals surface area contributed by atoms with E-state index in [9.17, 15) is 4.79 Å². The lowest BCUT2D eigenvalue weighted by Crippen LogP contribution is -2.40. The summed E-state index contributed by atoms with van der Waals surface area (Å²) in [5, 5.41) is 2.82. The molecule has 3 nitrogen and oxygen atoms in total. The largest absolute Gasteiger partial charge is 0.458 e.